The molecule has 14 aromatic rings. The molecule has 11 heterocycles. The van der Waals surface area contributed by atoms with E-state index in [0.717, 1.165) is 119 Å². The van der Waals surface area contributed by atoms with E-state index in [1.807, 2.05) is 116 Å². The van der Waals surface area contributed by atoms with Gasteiger partial charge in [-0.15, -0.1) is 0 Å². The number of methoxy groups -OCH3 is 4. The number of fused-ring (bicyclic) bond motifs is 14. The van der Waals surface area contributed by atoms with Gasteiger partial charge in [-0.3, -0.25) is 39.1 Å². The number of carbonyl (C=O) groups is 2. The molecular formula is C83H70Cl2I2N8O18. The van der Waals surface area contributed by atoms with Gasteiger partial charge in [-0.05, 0) is 187 Å². The number of ether oxygens (including phenoxy) is 14. The fraction of sp³-hybridized carbons (Fsp3) is 0.205. The maximum absolute atomic E-state index is 13.4. The number of aromatic nitrogens is 6. The summed E-state index contributed by atoms with van der Waals surface area (Å²) in [6.45, 7) is 13.2. The molecule has 0 bridgehead atoms. The molecule has 26 nitrogen and oxygen atoms in total. The van der Waals surface area contributed by atoms with E-state index in [4.69, 9.17) is 89.5 Å². The highest BCUT2D eigenvalue weighted by Crippen LogP contribution is 2.44. The summed E-state index contributed by atoms with van der Waals surface area (Å²) in [7, 11) is 6.18. The minimum absolute atomic E-state index is 0.0166. The van der Waals surface area contributed by atoms with Gasteiger partial charge in [0.1, 0.15) is 0 Å². The Hall–Kier alpha value is -11.7. The molecule has 5 aliphatic rings. The highest BCUT2D eigenvalue weighted by molar-refractivity contribution is 14.1. The van der Waals surface area contributed by atoms with E-state index < -0.39 is 5.24 Å². The molecule has 2 N–H and O–H groups in total. The lowest BCUT2D eigenvalue weighted by molar-refractivity contribution is 0.0986. The quantitative estimate of drug-likeness (QED) is 0.0691. The summed E-state index contributed by atoms with van der Waals surface area (Å²) in [4.78, 5) is 71.5. The van der Waals surface area contributed by atoms with Crippen LogP contribution in [0.1, 0.15) is 52.6 Å². The van der Waals surface area contributed by atoms with Crippen LogP contribution in [-0.2, 0) is 6.54 Å². The van der Waals surface area contributed by atoms with Crippen molar-refractivity contribution in [1.29, 1.82) is 0 Å². The predicted molar refractivity (Wildman–Crippen MR) is 448 cm³/mol. The van der Waals surface area contributed by atoms with Crippen molar-refractivity contribution in [2.24, 2.45) is 0 Å². The summed E-state index contributed by atoms with van der Waals surface area (Å²) < 4.78 is 77.9. The molecular weight excluding hydrogens is 1720 g/mol. The third-order valence-electron chi connectivity index (χ3n) is 18.8. The molecule has 0 fully saturated rings. The van der Waals surface area contributed by atoms with Gasteiger partial charge in [0.05, 0.1) is 88.8 Å². The lowest BCUT2D eigenvalue weighted by Crippen LogP contribution is -2.31. The number of pyridine rings is 6. The number of nitrogens with one attached hydrogen (secondary N) is 2. The van der Waals surface area contributed by atoms with Gasteiger partial charge in [0.2, 0.25) is 34.0 Å². The maximum Gasteiger partial charge on any atom is 0.259 e. The Balaban J connectivity index is 0.000000116. The van der Waals surface area contributed by atoms with Crippen LogP contribution in [0.2, 0.25) is 5.02 Å². The average Bonchev–Trinajstić information content (AvgIpc) is 1.32. The van der Waals surface area contributed by atoms with E-state index in [1.165, 1.54) is 25.8 Å². The molecule has 113 heavy (non-hydrogen) atoms. The number of halogens is 4. The first-order chi connectivity index (χ1) is 54.8. The van der Waals surface area contributed by atoms with Crippen LogP contribution in [0.3, 0.4) is 0 Å². The Morgan fingerprint density at radius 3 is 1.50 bits per heavy atom. The van der Waals surface area contributed by atoms with Crippen molar-refractivity contribution in [2.75, 3.05) is 85.7 Å². The van der Waals surface area contributed by atoms with E-state index >= 15 is 0 Å². The molecule has 0 unspecified atom stereocenters. The number of hydrogen-bond acceptors (Lipinski definition) is 23. The Bertz CT molecular complexity index is 6230. The number of rotatable bonds is 11. The SMILES string of the molecule is CCN(C(=O)c1cc(C)c(C)cc1I)c1ccnc2cc3c(cc12)OCO3.CCNc1ccnc2cc3c(cc12)OCO3.CCn1c(=O)c2cc(OC)c(OC)cc2c2cnc3cc4c(cc3c21)OCO4.COc1cc(I)c(C(=O)Cl)cc1OC.Clc1ccnc2cc3c(cc12)OCO3.O=c1cc[nH]c2cc3c(cc12)OCO3. The number of aromatic amines is 1. The minimum atomic E-state index is -0.504. The number of benzene rings is 8. The summed E-state index contributed by atoms with van der Waals surface area (Å²) in [6, 6.07) is 36.5. The van der Waals surface area contributed by atoms with Crippen LogP contribution in [0.15, 0.2) is 162 Å². The number of nitrogens with zero attached hydrogens (tertiary/aromatic N) is 6. The number of H-pyrrole nitrogens is 1. The normalized spacial score (nSPS) is 12.5. The zero-order valence-corrected chi connectivity index (χ0v) is 68.0. The van der Waals surface area contributed by atoms with Gasteiger partial charge in [-0.1, -0.05) is 11.6 Å². The Labute approximate surface area is 682 Å². The fourth-order valence-corrected chi connectivity index (χ4v) is 15.2. The maximum atomic E-state index is 13.4. The minimum Gasteiger partial charge on any atom is -0.493 e. The fourth-order valence-electron chi connectivity index (χ4n) is 13.1. The summed E-state index contributed by atoms with van der Waals surface area (Å²) in [6.07, 6.45) is 8.60. The number of amides is 1. The zero-order chi connectivity index (χ0) is 79.3. The number of aryl methyl sites for hydroxylation is 3. The molecule has 1 amide bonds. The Morgan fingerprint density at radius 2 is 0.947 bits per heavy atom. The average molecular weight is 1790 g/mol. The lowest BCUT2D eigenvalue weighted by atomic mass is 10.0. The van der Waals surface area contributed by atoms with Crippen molar-refractivity contribution >= 4 is 167 Å². The number of hydrogen-bond donors (Lipinski definition) is 2. The first kappa shape index (κ1) is 78.0. The highest BCUT2D eigenvalue weighted by Gasteiger charge is 2.27. The summed E-state index contributed by atoms with van der Waals surface area (Å²) in [5.74, 6) is 9.17. The molecule has 578 valence electrons. The molecule has 0 aliphatic carbocycles. The van der Waals surface area contributed by atoms with Gasteiger partial charge in [0.25, 0.3) is 16.7 Å². The van der Waals surface area contributed by atoms with Gasteiger partial charge in [-0.25, -0.2) is 0 Å². The second-order valence-electron chi connectivity index (χ2n) is 25.2. The van der Waals surface area contributed by atoms with Crippen LogP contribution in [0.4, 0.5) is 11.4 Å². The molecule has 30 heteroatoms. The van der Waals surface area contributed by atoms with Crippen molar-refractivity contribution in [3.05, 3.63) is 207 Å². The molecule has 0 saturated heterocycles. The van der Waals surface area contributed by atoms with E-state index in [-0.39, 0.29) is 44.1 Å². The van der Waals surface area contributed by atoms with Crippen molar-refractivity contribution in [1.82, 2.24) is 29.5 Å². The van der Waals surface area contributed by atoms with Crippen LogP contribution >= 0.6 is 68.4 Å². The van der Waals surface area contributed by atoms with E-state index in [9.17, 15) is 19.2 Å². The third kappa shape index (κ3) is 16.0. The van der Waals surface area contributed by atoms with Crippen LogP contribution in [-0.4, -0.2) is 116 Å². The summed E-state index contributed by atoms with van der Waals surface area (Å²) >= 11 is 15.7. The monoisotopic (exact) mass is 1790 g/mol. The van der Waals surface area contributed by atoms with Gasteiger partial charge in [0, 0.05) is 138 Å². The van der Waals surface area contributed by atoms with Crippen molar-refractivity contribution in [3.63, 3.8) is 0 Å². The molecule has 8 aromatic carbocycles. The smallest absolute Gasteiger partial charge is 0.259 e. The molecule has 0 atom stereocenters. The Morgan fingerprint density at radius 1 is 0.496 bits per heavy atom. The molecule has 0 spiro atoms. The molecule has 0 radical (unpaired) electrons. The van der Waals surface area contributed by atoms with E-state index in [1.54, 1.807) is 91.1 Å². The second-order valence-corrected chi connectivity index (χ2v) is 28.3. The lowest BCUT2D eigenvalue weighted by Gasteiger charge is -2.23. The number of anilines is 2. The molecule has 6 aromatic heterocycles. The van der Waals surface area contributed by atoms with Crippen molar-refractivity contribution < 1.29 is 75.9 Å². The molecule has 5 aliphatic heterocycles. The van der Waals surface area contributed by atoms with Gasteiger partial charge >= 0.3 is 0 Å². The molecule has 19 rings (SSSR count). The molecule has 0 saturated carbocycles. The van der Waals surface area contributed by atoms with Crippen molar-refractivity contribution in [2.45, 2.75) is 41.2 Å². The van der Waals surface area contributed by atoms with E-state index in [2.05, 4.69) is 72.7 Å². The van der Waals surface area contributed by atoms with Crippen LogP contribution in [0.25, 0.3) is 76.2 Å². The van der Waals surface area contributed by atoms with Gasteiger partial charge in [0.15, 0.2) is 85.9 Å². The summed E-state index contributed by atoms with van der Waals surface area (Å²) in [5, 5.41) is 9.97. The van der Waals surface area contributed by atoms with Crippen molar-refractivity contribution in [3.8, 4) is 80.5 Å². The first-order valence-corrected chi connectivity index (χ1v) is 38.1. The Kier molecular flexibility index (Phi) is 23.5. The topological polar surface area (TPSA) is 285 Å². The number of carbonyl (C=O) groups excluding carboxylic acids is 2. The second kappa shape index (κ2) is 34.1. The largest absolute Gasteiger partial charge is 0.493 e. The highest BCUT2D eigenvalue weighted by atomic mass is 127. The van der Waals surface area contributed by atoms with Gasteiger partial charge < -0.3 is 86.1 Å². The van der Waals surface area contributed by atoms with Gasteiger partial charge in [-0.2, -0.15) is 0 Å². The van der Waals surface area contributed by atoms with E-state index in [0.29, 0.717) is 104 Å². The van der Waals surface area contributed by atoms with Crippen LogP contribution < -0.4 is 87.5 Å². The third-order valence-corrected chi connectivity index (χ3v) is 21.1. The zero-order valence-electron chi connectivity index (χ0n) is 62.1. The van der Waals surface area contributed by atoms with Crippen LogP contribution in [0.5, 0.6) is 80.5 Å². The summed E-state index contributed by atoms with van der Waals surface area (Å²) in [5.41, 5.74) is 10.1. The first-order valence-electron chi connectivity index (χ1n) is 35.2. The standard InChI is InChI=1S/C21H19IN2O3.C21H18N2O5.C12H12N2O2.C10H6ClNO2.C10H7NO3.C9H8ClIO3/c1-4-24(21(25)14-7-12(2)13(3)8-16(14)22)18-5-6-23-17-10-20-19(9-15(17)18)26-11-27-20;1-4-23-20-13-7-18-19(28-10-27-18)8-15(13)22-9-14(20)11-5-16(25-2)17(26-3)6-12(11)21(23)24;1-2-13-9-3-4-14-10-6-12-11(5-8(9)10)15-7-16-12;11-7-1-2-12-8-4-10-9(3-6(7)8)13-5-14-10;12-8-1-2-11-7-4-10-9(3-6(7)8)13-5-14-10;1-13-7-3-5(9(10)12)6(11)4-8(7)14-2/h5-10H,4,11H2,1-3H3;5-9H,4,10H2,1-3H3;3-6H,2,7H2,1H3,(H,13,14);1-4H,5H2;1-4H,5H2,(H,11,12);3-4H,1-2H3. The van der Waals surface area contributed by atoms with Crippen LogP contribution in [0, 0.1) is 21.0 Å². The predicted octanol–water partition coefficient (Wildman–Crippen LogP) is 17.3.